The molecule has 1 aliphatic rings. The summed E-state index contributed by atoms with van der Waals surface area (Å²) in [6.07, 6.45) is 0.554. The molecule has 1 saturated heterocycles. The molecule has 0 aromatic carbocycles. The maximum atomic E-state index is 11.5. The fraction of sp³-hybridized carbons (Fsp3) is 0.875. The van der Waals surface area contributed by atoms with Crippen LogP contribution >= 0.6 is 0 Å². The van der Waals surface area contributed by atoms with Crippen molar-refractivity contribution in [1.82, 2.24) is 9.80 Å². The third-order valence-corrected chi connectivity index (χ3v) is 4.19. The molecule has 1 heterocycles. The Bertz CT molecular complexity index is 323. The number of hydrogen-bond donors (Lipinski definition) is 0. The zero-order valence-electron chi connectivity index (χ0n) is 8.73. The van der Waals surface area contributed by atoms with Crippen molar-refractivity contribution in [1.29, 1.82) is 0 Å². The van der Waals surface area contributed by atoms with E-state index in [2.05, 4.69) is 0 Å². The van der Waals surface area contributed by atoms with Crippen molar-refractivity contribution in [2.75, 3.05) is 32.6 Å². The lowest BCUT2D eigenvalue weighted by Crippen LogP contribution is -2.43. The van der Waals surface area contributed by atoms with E-state index in [9.17, 15) is 13.2 Å². The van der Waals surface area contributed by atoms with Gasteiger partial charge in [0.2, 0.25) is 0 Å². The second-order valence-corrected chi connectivity index (χ2v) is 6.07. The number of rotatable bonds is 1. The van der Waals surface area contributed by atoms with Crippen molar-refractivity contribution >= 4 is 15.9 Å². The van der Waals surface area contributed by atoms with E-state index in [1.54, 1.807) is 21.1 Å². The Morgan fingerprint density at radius 1 is 1.29 bits per heavy atom. The van der Waals surface area contributed by atoms with E-state index >= 15 is 0 Å². The Hall–Kier alpha value is -0.780. The highest BCUT2D eigenvalue weighted by atomic mass is 32.2. The Morgan fingerprint density at radius 3 is 2.21 bits per heavy atom. The summed E-state index contributed by atoms with van der Waals surface area (Å²) in [7, 11) is 2.04. The third kappa shape index (κ3) is 2.37. The molecule has 1 fully saturated rings. The predicted molar refractivity (Wildman–Crippen MR) is 53.9 cm³/mol. The topological polar surface area (TPSA) is 57.7 Å². The molecule has 2 amide bonds. The van der Waals surface area contributed by atoms with Gasteiger partial charge in [0.25, 0.3) is 0 Å². The molecule has 0 spiro atoms. The van der Waals surface area contributed by atoms with Gasteiger partial charge in [-0.25, -0.2) is 13.2 Å². The molecular formula is C8H16N2O3S. The van der Waals surface area contributed by atoms with E-state index < -0.39 is 9.84 Å². The maximum Gasteiger partial charge on any atom is 0.319 e. The highest BCUT2D eigenvalue weighted by Gasteiger charge is 2.33. The van der Waals surface area contributed by atoms with Gasteiger partial charge in [-0.15, -0.1) is 0 Å². The third-order valence-electron chi connectivity index (χ3n) is 2.44. The summed E-state index contributed by atoms with van der Waals surface area (Å²) in [6, 6.07) is -0.304. The summed E-state index contributed by atoms with van der Waals surface area (Å²) in [5, 5.41) is 0. The lowest BCUT2D eigenvalue weighted by atomic mass is 10.2. The van der Waals surface area contributed by atoms with Crippen LogP contribution in [0, 0.1) is 0 Å². The summed E-state index contributed by atoms with van der Waals surface area (Å²) in [6.45, 7) is 0. The number of hydrogen-bond acceptors (Lipinski definition) is 3. The molecule has 0 aromatic rings. The molecule has 0 N–H and O–H groups in total. The molecule has 1 atom stereocenters. The lowest BCUT2D eigenvalue weighted by Gasteiger charge is -2.26. The van der Waals surface area contributed by atoms with Crippen LogP contribution in [0.15, 0.2) is 0 Å². The second kappa shape index (κ2) is 3.76. The summed E-state index contributed by atoms with van der Waals surface area (Å²) >= 11 is 0. The summed E-state index contributed by atoms with van der Waals surface area (Å²) < 4.78 is 22.4. The highest BCUT2D eigenvalue weighted by molar-refractivity contribution is 7.91. The van der Waals surface area contributed by atoms with Crippen LogP contribution in [0.2, 0.25) is 0 Å². The first-order valence-electron chi connectivity index (χ1n) is 4.48. The molecule has 0 bridgehead atoms. The van der Waals surface area contributed by atoms with Gasteiger partial charge in [0.1, 0.15) is 0 Å². The molecule has 82 valence electrons. The quantitative estimate of drug-likeness (QED) is 0.614. The van der Waals surface area contributed by atoms with Gasteiger partial charge in [-0.2, -0.15) is 0 Å². The van der Waals surface area contributed by atoms with Crippen LogP contribution in [0.25, 0.3) is 0 Å². The summed E-state index contributed by atoms with van der Waals surface area (Å²) in [4.78, 5) is 14.5. The Balaban J connectivity index is 2.64. The minimum absolute atomic E-state index is 0.100. The number of sulfone groups is 1. The van der Waals surface area contributed by atoms with Gasteiger partial charge in [-0.05, 0) is 6.42 Å². The average Bonchev–Trinajstić information content (AvgIpc) is 2.43. The van der Waals surface area contributed by atoms with Gasteiger partial charge in [-0.3, -0.25) is 0 Å². The number of carbonyl (C=O) groups excluding carboxylic acids is 1. The van der Waals surface area contributed by atoms with Crippen LogP contribution in [0.3, 0.4) is 0 Å². The zero-order chi connectivity index (χ0) is 10.9. The Kier molecular flexibility index (Phi) is 3.04. The minimum Gasteiger partial charge on any atom is -0.331 e. The van der Waals surface area contributed by atoms with E-state index in [1.165, 1.54) is 9.80 Å². The van der Waals surface area contributed by atoms with Crippen molar-refractivity contribution in [3.63, 3.8) is 0 Å². The second-order valence-electron chi connectivity index (χ2n) is 3.84. The van der Waals surface area contributed by atoms with Crippen LogP contribution in [0.5, 0.6) is 0 Å². The maximum absolute atomic E-state index is 11.5. The molecule has 6 heteroatoms. The number of nitrogens with zero attached hydrogens (tertiary/aromatic N) is 2. The molecule has 0 radical (unpaired) electrons. The summed E-state index contributed by atoms with van der Waals surface area (Å²) in [5.41, 5.74) is 0. The first kappa shape index (κ1) is 11.3. The van der Waals surface area contributed by atoms with Gasteiger partial charge < -0.3 is 9.80 Å². The number of carbonyl (C=O) groups is 1. The first-order chi connectivity index (χ1) is 6.33. The molecule has 0 aliphatic carbocycles. The number of amides is 2. The van der Waals surface area contributed by atoms with Crippen molar-refractivity contribution in [2.45, 2.75) is 12.5 Å². The highest BCUT2D eigenvalue weighted by Crippen LogP contribution is 2.16. The first-order valence-corrected chi connectivity index (χ1v) is 6.30. The lowest BCUT2D eigenvalue weighted by molar-refractivity contribution is 0.168. The van der Waals surface area contributed by atoms with Gasteiger partial charge >= 0.3 is 6.03 Å². The fourth-order valence-electron chi connectivity index (χ4n) is 1.55. The monoisotopic (exact) mass is 220 g/mol. The molecule has 1 aliphatic heterocycles. The van der Waals surface area contributed by atoms with Gasteiger partial charge in [-0.1, -0.05) is 0 Å². The average molecular weight is 220 g/mol. The van der Waals surface area contributed by atoms with E-state index in [0.717, 1.165) is 0 Å². The van der Waals surface area contributed by atoms with Gasteiger partial charge in [0.05, 0.1) is 11.5 Å². The smallest absolute Gasteiger partial charge is 0.319 e. The zero-order valence-corrected chi connectivity index (χ0v) is 9.54. The van der Waals surface area contributed by atoms with Gasteiger partial charge in [0.15, 0.2) is 9.84 Å². The van der Waals surface area contributed by atoms with Crippen LogP contribution in [-0.2, 0) is 9.84 Å². The molecular weight excluding hydrogens is 204 g/mol. The van der Waals surface area contributed by atoms with Crippen LogP contribution < -0.4 is 0 Å². The van der Waals surface area contributed by atoms with Crippen molar-refractivity contribution in [3.05, 3.63) is 0 Å². The molecule has 0 aromatic heterocycles. The van der Waals surface area contributed by atoms with E-state index in [0.29, 0.717) is 6.42 Å². The van der Waals surface area contributed by atoms with Crippen LogP contribution in [0.4, 0.5) is 4.79 Å². The minimum atomic E-state index is -2.91. The van der Waals surface area contributed by atoms with Crippen LogP contribution in [-0.4, -0.2) is 62.9 Å². The molecule has 0 unspecified atom stereocenters. The van der Waals surface area contributed by atoms with Crippen LogP contribution in [0.1, 0.15) is 6.42 Å². The largest absolute Gasteiger partial charge is 0.331 e. The van der Waals surface area contributed by atoms with Crippen molar-refractivity contribution < 1.29 is 13.2 Å². The Labute approximate surface area is 84.6 Å². The SMILES string of the molecule is CN(C)C(=O)N(C)[C@H]1CCS(=O)(=O)C1. The molecule has 0 saturated carbocycles. The molecule has 1 rings (SSSR count). The summed E-state index contributed by atoms with van der Waals surface area (Å²) in [5.74, 6) is 0.297. The normalized spacial score (nSPS) is 24.6. The van der Waals surface area contributed by atoms with E-state index in [1.807, 2.05) is 0 Å². The van der Waals surface area contributed by atoms with Crippen molar-refractivity contribution in [2.24, 2.45) is 0 Å². The van der Waals surface area contributed by atoms with Gasteiger partial charge in [0, 0.05) is 27.2 Å². The molecule has 5 nitrogen and oxygen atoms in total. The van der Waals surface area contributed by atoms with E-state index in [-0.39, 0.29) is 23.6 Å². The van der Waals surface area contributed by atoms with Crippen molar-refractivity contribution in [3.8, 4) is 0 Å². The fourth-order valence-corrected chi connectivity index (χ4v) is 3.33. The standard InChI is InChI=1S/C8H16N2O3S/c1-9(2)8(11)10(3)7-4-5-14(12,13)6-7/h7H,4-6H2,1-3H3/t7-/m0/s1. The molecule has 14 heavy (non-hydrogen) atoms. The predicted octanol–water partition coefficient (Wildman–Crippen LogP) is -0.213. The Morgan fingerprint density at radius 2 is 1.86 bits per heavy atom. The van der Waals surface area contributed by atoms with E-state index in [4.69, 9.17) is 0 Å². The number of urea groups is 1.